The summed E-state index contributed by atoms with van der Waals surface area (Å²) in [4.78, 5) is 12.3. The highest BCUT2D eigenvalue weighted by atomic mass is 32.2. The lowest BCUT2D eigenvalue weighted by molar-refractivity contribution is -0.145. The van der Waals surface area contributed by atoms with Crippen molar-refractivity contribution in [2.45, 2.75) is 19.5 Å². The van der Waals surface area contributed by atoms with E-state index in [1.165, 1.54) is 12.1 Å². The zero-order valence-corrected chi connectivity index (χ0v) is 15.0. The van der Waals surface area contributed by atoms with E-state index >= 15 is 0 Å². The number of hydrogen-bond acceptors (Lipinski definition) is 6. The van der Waals surface area contributed by atoms with Gasteiger partial charge in [0.15, 0.2) is 0 Å². The lowest BCUT2D eigenvalue weighted by Gasteiger charge is -2.18. The van der Waals surface area contributed by atoms with Crippen molar-refractivity contribution in [3.63, 3.8) is 0 Å². The highest BCUT2D eigenvalue weighted by Crippen LogP contribution is 2.20. The van der Waals surface area contributed by atoms with Crippen LogP contribution in [0.2, 0.25) is 0 Å². The third-order valence-electron chi connectivity index (χ3n) is 3.34. The molecule has 2 aromatic carbocycles. The molecule has 0 amide bonds. The van der Waals surface area contributed by atoms with Gasteiger partial charge in [0.25, 0.3) is 0 Å². The first-order valence-corrected chi connectivity index (χ1v) is 9.64. The quantitative estimate of drug-likeness (QED) is 0.573. The van der Waals surface area contributed by atoms with Gasteiger partial charge in [0, 0.05) is 6.54 Å². The fourth-order valence-electron chi connectivity index (χ4n) is 2.27. The minimum absolute atomic E-state index is 0.192. The summed E-state index contributed by atoms with van der Waals surface area (Å²) in [6.45, 7) is 2.51. The fraction of sp³-hybridized carbons (Fsp3) is 0.278. The molecule has 6 nitrogen and oxygen atoms in total. The van der Waals surface area contributed by atoms with E-state index in [1.54, 1.807) is 19.1 Å². The van der Waals surface area contributed by atoms with Crippen molar-refractivity contribution in [1.82, 2.24) is 5.32 Å². The van der Waals surface area contributed by atoms with Gasteiger partial charge in [-0.15, -0.1) is 0 Å². The number of carbonyl (C=O) groups is 1. The Balaban J connectivity index is 2.15. The molecule has 0 saturated heterocycles. The van der Waals surface area contributed by atoms with Crippen LogP contribution in [0.1, 0.15) is 24.1 Å². The molecule has 0 aliphatic heterocycles. The molecule has 0 aromatic heterocycles. The Kier molecular flexibility index (Phi) is 6.55. The third-order valence-corrected chi connectivity index (χ3v) is 3.83. The Morgan fingerprint density at radius 3 is 2.28 bits per heavy atom. The number of hydrogen-bond donors (Lipinski definition) is 1. The van der Waals surface area contributed by atoms with Crippen LogP contribution in [0.25, 0.3) is 0 Å². The SMILES string of the molecule is CCOC(=O)C(NCc1ccccc1)c1ccc(OS(C)(=O)=O)cc1. The Hall–Kier alpha value is -2.38. The maximum Gasteiger partial charge on any atom is 0.327 e. The van der Waals surface area contributed by atoms with Crippen LogP contribution in [-0.4, -0.2) is 27.2 Å². The molecule has 0 aliphatic rings. The molecule has 0 radical (unpaired) electrons. The van der Waals surface area contributed by atoms with Crippen LogP contribution in [0, 0.1) is 0 Å². The topological polar surface area (TPSA) is 81.7 Å². The van der Waals surface area contributed by atoms with Crippen molar-refractivity contribution in [1.29, 1.82) is 0 Å². The standard InChI is InChI=1S/C18H21NO5S/c1-3-23-18(20)17(19-13-14-7-5-4-6-8-14)15-9-11-16(12-10-15)24-25(2,21)22/h4-12,17,19H,3,13H2,1-2H3. The first-order chi connectivity index (χ1) is 11.9. The molecule has 134 valence electrons. The number of carbonyl (C=O) groups excluding carboxylic acids is 1. The average molecular weight is 363 g/mol. The zero-order chi connectivity index (χ0) is 18.3. The van der Waals surface area contributed by atoms with E-state index in [0.29, 0.717) is 12.1 Å². The lowest BCUT2D eigenvalue weighted by atomic mass is 10.1. The van der Waals surface area contributed by atoms with Gasteiger partial charge in [0.1, 0.15) is 11.8 Å². The first-order valence-electron chi connectivity index (χ1n) is 7.82. The molecular formula is C18H21NO5S. The Morgan fingerprint density at radius 2 is 1.72 bits per heavy atom. The van der Waals surface area contributed by atoms with Gasteiger partial charge < -0.3 is 8.92 Å². The van der Waals surface area contributed by atoms with Crippen molar-refractivity contribution in [3.05, 3.63) is 65.7 Å². The van der Waals surface area contributed by atoms with Crippen LogP contribution in [0.3, 0.4) is 0 Å². The normalized spacial score (nSPS) is 12.4. The highest BCUT2D eigenvalue weighted by Gasteiger charge is 2.21. The van der Waals surface area contributed by atoms with Gasteiger partial charge in [0.05, 0.1) is 12.9 Å². The lowest BCUT2D eigenvalue weighted by Crippen LogP contribution is -2.30. The summed E-state index contributed by atoms with van der Waals surface area (Å²) < 4.78 is 32.3. The molecule has 1 atom stereocenters. The van der Waals surface area contributed by atoms with E-state index in [1.807, 2.05) is 30.3 Å². The second-order valence-electron chi connectivity index (χ2n) is 5.41. The smallest absolute Gasteiger partial charge is 0.327 e. The van der Waals surface area contributed by atoms with E-state index in [-0.39, 0.29) is 12.4 Å². The van der Waals surface area contributed by atoms with Crippen LogP contribution in [0.15, 0.2) is 54.6 Å². The molecule has 0 spiro atoms. The summed E-state index contributed by atoms with van der Waals surface area (Å²) in [5.41, 5.74) is 1.70. The molecule has 25 heavy (non-hydrogen) atoms. The number of ether oxygens (including phenoxy) is 1. The molecule has 1 unspecified atom stereocenters. The predicted molar refractivity (Wildman–Crippen MR) is 94.6 cm³/mol. The number of rotatable bonds is 8. The second-order valence-corrected chi connectivity index (χ2v) is 6.98. The van der Waals surface area contributed by atoms with Crippen LogP contribution in [0.4, 0.5) is 0 Å². The second kappa shape index (κ2) is 8.64. The third kappa shape index (κ3) is 6.21. The molecule has 0 bridgehead atoms. The van der Waals surface area contributed by atoms with Crippen LogP contribution >= 0.6 is 0 Å². The van der Waals surface area contributed by atoms with Crippen molar-refractivity contribution in [3.8, 4) is 5.75 Å². The largest absolute Gasteiger partial charge is 0.465 e. The Bertz CT molecular complexity index is 788. The van der Waals surface area contributed by atoms with E-state index in [4.69, 9.17) is 8.92 Å². The van der Waals surface area contributed by atoms with Gasteiger partial charge >= 0.3 is 16.1 Å². The maximum atomic E-state index is 12.3. The molecule has 0 saturated carbocycles. The van der Waals surface area contributed by atoms with Gasteiger partial charge in [-0.2, -0.15) is 8.42 Å². The van der Waals surface area contributed by atoms with Crippen molar-refractivity contribution < 1.29 is 22.1 Å². The highest BCUT2D eigenvalue weighted by molar-refractivity contribution is 7.86. The summed E-state index contributed by atoms with van der Waals surface area (Å²) in [5.74, 6) is -0.202. The summed E-state index contributed by atoms with van der Waals surface area (Å²) >= 11 is 0. The molecule has 0 aliphatic carbocycles. The summed E-state index contributed by atoms with van der Waals surface area (Å²) in [7, 11) is -3.59. The summed E-state index contributed by atoms with van der Waals surface area (Å²) in [6, 6.07) is 15.3. The number of nitrogens with one attached hydrogen (secondary N) is 1. The monoisotopic (exact) mass is 363 g/mol. The molecule has 2 rings (SSSR count). The summed E-state index contributed by atoms with van der Waals surface area (Å²) in [5, 5.41) is 3.17. The Morgan fingerprint density at radius 1 is 1.08 bits per heavy atom. The van der Waals surface area contributed by atoms with E-state index in [0.717, 1.165) is 11.8 Å². The van der Waals surface area contributed by atoms with Gasteiger partial charge in [-0.05, 0) is 30.2 Å². The van der Waals surface area contributed by atoms with Gasteiger partial charge in [-0.1, -0.05) is 42.5 Å². The summed E-state index contributed by atoms with van der Waals surface area (Å²) in [6.07, 6.45) is 0.976. The fourth-order valence-corrected chi connectivity index (χ4v) is 2.73. The van der Waals surface area contributed by atoms with E-state index in [9.17, 15) is 13.2 Å². The Labute approximate surface area is 147 Å². The zero-order valence-electron chi connectivity index (χ0n) is 14.1. The van der Waals surface area contributed by atoms with Crippen LogP contribution in [0.5, 0.6) is 5.75 Å². The van der Waals surface area contributed by atoms with Crippen molar-refractivity contribution in [2.24, 2.45) is 0 Å². The predicted octanol–water partition coefficient (Wildman–Crippen LogP) is 2.42. The average Bonchev–Trinajstić information content (AvgIpc) is 2.56. The molecule has 0 heterocycles. The number of benzene rings is 2. The first kappa shape index (κ1) is 19.0. The molecular weight excluding hydrogens is 342 g/mol. The molecule has 7 heteroatoms. The van der Waals surface area contributed by atoms with Gasteiger partial charge in [-0.25, -0.2) is 4.79 Å². The minimum Gasteiger partial charge on any atom is -0.465 e. The van der Waals surface area contributed by atoms with Crippen molar-refractivity contribution >= 4 is 16.1 Å². The van der Waals surface area contributed by atoms with Gasteiger partial charge in [0.2, 0.25) is 0 Å². The molecule has 2 aromatic rings. The van der Waals surface area contributed by atoms with Crippen LogP contribution < -0.4 is 9.50 Å². The maximum absolute atomic E-state index is 12.3. The van der Waals surface area contributed by atoms with Crippen molar-refractivity contribution in [2.75, 3.05) is 12.9 Å². The minimum atomic E-state index is -3.59. The number of esters is 1. The van der Waals surface area contributed by atoms with E-state index < -0.39 is 22.1 Å². The van der Waals surface area contributed by atoms with Gasteiger partial charge in [-0.3, -0.25) is 5.32 Å². The molecule has 0 fully saturated rings. The molecule has 1 N–H and O–H groups in total. The van der Waals surface area contributed by atoms with E-state index in [2.05, 4.69) is 5.32 Å². The van der Waals surface area contributed by atoms with Crippen LogP contribution in [-0.2, 0) is 26.2 Å².